The Morgan fingerprint density at radius 1 is 1.16 bits per heavy atom. The van der Waals surface area contributed by atoms with Gasteiger partial charge in [0.1, 0.15) is 0 Å². The van der Waals surface area contributed by atoms with Crippen LogP contribution >= 0.6 is 0 Å². The minimum atomic E-state index is -2.85. The van der Waals surface area contributed by atoms with Gasteiger partial charge in [0.2, 0.25) is 12.2 Å². The summed E-state index contributed by atoms with van der Waals surface area (Å²) in [6.07, 6.45) is -2.76. The molecule has 8 heteroatoms. The van der Waals surface area contributed by atoms with E-state index in [1.807, 2.05) is 0 Å². The monoisotopic (exact) mass is 278 g/mol. The number of hydrogen-bond acceptors (Lipinski definition) is 1. The average Bonchev–Trinajstić information content (AvgIpc) is 2.95. The summed E-state index contributed by atoms with van der Waals surface area (Å²) in [6, 6.07) is 0. The van der Waals surface area contributed by atoms with Crippen LogP contribution in [0.15, 0.2) is 23.8 Å². The zero-order valence-corrected chi connectivity index (χ0v) is 9.58. The quantitative estimate of drug-likeness (QED) is 0.569. The highest BCUT2D eigenvalue weighted by Crippen LogP contribution is 2.38. The van der Waals surface area contributed by atoms with E-state index in [2.05, 4.69) is 5.10 Å². The van der Waals surface area contributed by atoms with Crippen LogP contribution in [0.3, 0.4) is 0 Å². The molecule has 1 aliphatic carbocycles. The number of rotatable bonds is 1. The summed E-state index contributed by atoms with van der Waals surface area (Å²) in [7, 11) is 0. The first kappa shape index (κ1) is 12.3. The Bertz CT molecular complexity index is 582. The third-order valence-electron chi connectivity index (χ3n) is 3.24. The second-order valence-corrected chi connectivity index (χ2v) is 4.44. The normalized spacial score (nSPS) is 27.2. The number of alkyl halides is 2. The van der Waals surface area contributed by atoms with Gasteiger partial charge in [-0.25, -0.2) is 22.1 Å². The van der Waals surface area contributed by atoms with Crippen molar-refractivity contribution in [2.75, 3.05) is 0 Å². The Kier molecular flexibility index (Phi) is 2.68. The molecule has 2 unspecified atom stereocenters. The lowest BCUT2D eigenvalue weighted by Gasteiger charge is -2.17. The maximum Gasteiger partial charge on any atom is 0.278 e. The molecule has 102 valence electrons. The Morgan fingerprint density at radius 3 is 2.58 bits per heavy atom. The highest BCUT2D eigenvalue weighted by molar-refractivity contribution is 5.61. The molecule has 1 aliphatic heterocycles. The van der Waals surface area contributed by atoms with Crippen molar-refractivity contribution in [2.24, 2.45) is 0 Å². The van der Waals surface area contributed by atoms with Crippen molar-refractivity contribution >= 4 is 5.70 Å². The molecule has 19 heavy (non-hydrogen) atoms. The van der Waals surface area contributed by atoms with E-state index in [1.165, 1.54) is 6.33 Å². The predicted molar refractivity (Wildman–Crippen MR) is 54.1 cm³/mol. The highest BCUT2D eigenvalue weighted by Gasteiger charge is 2.44. The highest BCUT2D eigenvalue weighted by atomic mass is 19.2. The summed E-state index contributed by atoms with van der Waals surface area (Å²) in [6.45, 7) is 0.618. The molecule has 3 rings (SSSR count). The Balaban J connectivity index is 2.11. The molecule has 0 saturated heterocycles. The van der Waals surface area contributed by atoms with Crippen LogP contribution in [0, 0.1) is 0 Å². The zero-order chi connectivity index (χ0) is 13.7. The largest absolute Gasteiger partial charge is 0.278 e. The minimum absolute atomic E-state index is 0.568. The SMILES string of the molecule is FC1=C(F)C(F)C(F)C(n2c[n+]3c(n2)CCC3)=C1F. The van der Waals surface area contributed by atoms with Gasteiger partial charge in [-0.2, -0.15) is 4.39 Å². The van der Waals surface area contributed by atoms with Crippen molar-refractivity contribution in [3.8, 4) is 0 Å². The van der Waals surface area contributed by atoms with Gasteiger partial charge in [0.15, 0.2) is 29.7 Å². The van der Waals surface area contributed by atoms with Crippen LogP contribution in [-0.2, 0) is 13.0 Å². The molecule has 0 radical (unpaired) electrons. The lowest BCUT2D eigenvalue weighted by atomic mass is 10.0. The Hall–Kier alpha value is -1.73. The second-order valence-electron chi connectivity index (χ2n) is 4.44. The van der Waals surface area contributed by atoms with Crippen molar-refractivity contribution in [3.63, 3.8) is 0 Å². The third-order valence-corrected chi connectivity index (χ3v) is 3.24. The van der Waals surface area contributed by atoms with Gasteiger partial charge in [0.05, 0.1) is 6.54 Å². The molecule has 0 aromatic carbocycles. The molecule has 0 N–H and O–H groups in total. The third kappa shape index (κ3) is 1.69. The molecule has 0 bridgehead atoms. The first-order valence-electron chi connectivity index (χ1n) is 5.72. The molecule has 1 aromatic heterocycles. The van der Waals surface area contributed by atoms with Gasteiger partial charge >= 0.3 is 0 Å². The second kappa shape index (κ2) is 4.14. The molecule has 0 amide bonds. The van der Waals surface area contributed by atoms with Crippen LogP contribution in [0.4, 0.5) is 22.0 Å². The van der Waals surface area contributed by atoms with Crippen LogP contribution in [0.1, 0.15) is 12.2 Å². The number of hydrogen-bond donors (Lipinski definition) is 0. The predicted octanol–water partition coefficient (Wildman–Crippen LogP) is 2.10. The van der Waals surface area contributed by atoms with Gasteiger partial charge in [0.25, 0.3) is 5.82 Å². The number of nitrogens with zero attached hydrogens (tertiary/aromatic N) is 3. The van der Waals surface area contributed by atoms with Gasteiger partial charge in [0, 0.05) is 11.5 Å². The number of halogens is 5. The van der Waals surface area contributed by atoms with E-state index < -0.39 is 35.5 Å². The molecular weight excluding hydrogens is 269 g/mol. The first-order valence-corrected chi connectivity index (χ1v) is 5.72. The summed E-state index contributed by atoms with van der Waals surface area (Å²) >= 11 is 0. The number of allylic oxidation sites excluding steroid dienone is 4. The van der Waals surface area contributed by atoms with Crippen LogP contribution in [0.5, 0.6) is 0 Å². The molecule has 3 nitrogen and oxygen atoms in total. The van der Waals surface area contributed by atoms with Crippen LogP contribution in [0.25, 0.3) is 5.70 Å². The minimum Gasteiger partial charge on any atom is -0.236 e. The molecular formula is C11H9F5N3+. The van der Waals surface area contributed by atoms with E-state index in [9.17, 15) is 22.0 Å². The molecule has 0 spiro atoms. The molecule has 0 saturated carbocycles. The summed E-state index contributed by atoms with van der Waals surface area (Å²) < 4.78 is 68.9. The lowest BCUT2D eigenvalue weighted by molar-refractivity contribution is -0.691. The van der Waals surface area contributed by atoms with Gasteiger partial charge < -0.3 is 0 Å². The van der Waals surface area contributed by atoms with Crippen LogP contribution in [-0.4, -0.2) is 22.1 Å². The number of fused-ring (bicyclic) bond motifs is 1. The van der Waals surface area contributed by atoms with Crippen LogP contribution in [0.2, 0.25) is 0 Å². The summed E-state index contributed by atoms with van der Waals surface area (Å²) in [5, 5.41) is 3.87. The molecule has 2 atom stereocenters. The summed E-state index contributed by atoms with van der Waals surface area (Å²) in [5.41, 5.74) is -0.937. The number of aryl methyl sites for hydroxylation is 2. The summed E-state index contributed by atoms with van der Waals surface area (Å²) in [5.74, 6) is -5.24. The smallest absolute Gasteiger partial charge is 0.236 e. The molecule has 2 heterocycles. The Labute approximate surface area is 104 Å². The summed E-state index contributed by atoms with van der Waals surface area (Å²) in [4.78, 5) is 0. The Morgan fingerprint density at radius 2 is 1.89 bits per heavy atom. The topological polar surface area (TPSA) is 21.7 Å². The van der Waals surface area contributed by atoms with E-state index in [0.29, 0.717) is 18.8 Å². The van der Waals surface area contributed by atoms with Crippen molar-refractivity contribution in [3.05, 3.63) is 29.6 Å². The van der Waals surface area contributed by atoms with Gasteiger partial charge in [-0.3, -0.25) is 0 Å². The van der Waals surface area contributed by atoms with Crippen molar-refractivity contribution in [2.45, 2.75) is 31.7 Å². The van der Waals surface area contributed by atoms with E-state index in [1.54, 1.807) is 4.57 Å². The van der Waals surface area contributed by atoms with Crippen molar-refractivity contribution < 1.29 is 26.5 Å². The lowest BCUT2D eigenvalue weighted by Crippen LogP contribution is -2.31. The average molecular weight is 278 g/mol. The van der Waals surface area contributed by atoms with Gasteiger partial charge in [-0.15, -0.1) is 0 Å². The fraction of sp³-hybridized carbons (Fsp3) is 0.455. The molecule has 1 aromatic rings. The first-order chi connectivity index (χ1) is 9.00. The number of aromatic nitrogens is 3. The van der Waals surface area contributed by atoms with E-state index in [0.717, 1.165) is 11.1 Å². The van der Waals surface area contributed by atoms with Gasteiger partial charge in [-0.1, -0.05) is 4.68 Å². The zero-order valence-electron chi connectivity index (χ0n) is 9.58. The van der Waals surface area contributed by atoms with E-state index in [-0.39, 0.29) is 0 Å². The fourth-order valence-electron chi connectivity index (χ4n) is 2.26. The maximum atomic E-state index is 13.7. The standard InChI is InChI=1S/C11H9F5N3/c12-6-7(13)9(15)11(10(16)8(6)14)19-4-18-3-1-2-5(18)17-19/h4,7,9H,1-3H2/q+1. The molecule has 0 fully saturated rings. The van der Waals surface area contributed by atoms with Crippen LogP contribution < -0.4 is 4.57 Å². The molecule has 2 aliphatic rings. The van der Waals surface area contributed by atoms with E-state index in [4.69, 9.17) is 0 Å². The van der Waals surface area contributed by atoms with Crippen molar-refractivity contribution in [1.29, 1.82) is 0 Å². The van der Waals surface area contributed by atoms with Crippen molar-refractivity contribution in [1.82, 2.24) is 9.78 Å². The fourth-order valence-corrected chi connectivity index (χ4v) is 2.26. The van der Waals surface area contributed by atoms with Gasteiger partial charge in [-0.05, 0) is 6.42 Å². The van der Waals surface area contributed by atoms with E-state index >= 15 is 0 Å². The maximum absolute atomic E-state index is 13.7.